The molecule has 0 fully saturated rings. The monoisotopic (exact) mass is 238 g/mol. The van der Waals surface area contributed by atoms with Gasteiger partial charge < -0.3 is 4.18 Å². The van der Waals surface area contributed by atoms with Crippen molar-refractivity contribution in [1.29, 1.82) is 0 Å². The maximum atomic E-state index is 11.5. The highest BCUT2D eigenvalue weighted by Crippen LogP contribution is 2.26. The highest BCUT2D eigenvalue weighted by atomic mass is 32.2. The first-order valence-corrected chi connectivity index (χ1v) is 5.31. The van der Waals surface area contributed by atoms with Crippen molar-refractivity contribution >= 4 is 28.7 Å². The van der Waals surface area contributed by atoms with Crippen molar-refractivity contribution in [3.05, 3.63) is 41.5 Å². The second-order valence-electron chi connectivity index (χ2n) is 3.05. The number of Topliss-reactive ketones (excluding diaryl/α,β-unsaturated/α-hetero) is 1. The highest BCUT2D eigenvalue weighted by Gasteiger charge is 2.27. The molecule has 0 bridgehead atoms. The standard InChI is InChI=1S/C10H6O5S/c11-8-5-9(15-16(13)14)6-3-1-2-4-7(6)10(8)12/h1-5H,(H,13,14). The molecule has 1 N–H and O–H groups in total. The molecule has 0 heterocycles. The summed E-state index contributed by atoms with van der Waals surface area (Å²) in [6.07, 6.45) is 0.915. The third-order valence-electron chi connectivity index (χ3n) is 2.08. The van der Waals surface area contributed by atoms with Gasteiger partial charge in [-0.05, 0) is 0 Å². The van der Waals surface area contributed by atoms with E-state index in [4.69, 9.17) is 4.55 Å². The van der Waals surface area contributed by atoms with Crippen LogP contribution < -0.4 is 0 Å². The molecule has 1 aromatic carbocycles. The van der Waals surface area contributed by atoms with E-state index in [0.29, 0.717) is 5.56 Å². The minimum atomic E-state index is -2.53. The Kier molecular flexibility index (Phi) is 2.67. The molecule has 0 aliphatic heterocycles. The van der Waals surface area contributed by atoms with Crippen molar-refractivity contribution in [2.75, 3.05) is 0 Å². The van der Waals surface area contributed by atoms with E-state index in [-0.39, 0.29) is 11.3 Å². The van der Waals surface area contributed by atoms with Crippen LogP contribution in [0.4, 0.5) is 0 Å². The van der Waals surface area contributed by atoms with E-state index >= 15 is 0 Å². The Morgan fingerprint density at radius 2 is 1.75 bits per heavy atom. The molecule has 5 nitrogen and oxygen atoms in total. The number of rotatable bonds is 2. The summed E-state index contributed by atoms with van der Waals surface area (Å²) in [6, 6.07) is 6.24. The van der Waals surface area contributed by atoms with E-state index in [1.54, 1.807) is 18.2 Å². The first-order chi connectivity index (χ1) is 7.59. The number of hydrogen-bond donors (Lipinski definition) is 1. The van der Waals surface area contributed by atoms with Gasteiger partial charge in [0.2, 0.25) is 11.6 Å². The fourth-order valence-electron chi connectivity index (χ4n) is 1.44. The third-order valence-corrected chi connectivity index (χ3v) is 2.41. The molecule has 0 saturated heterocycles. The smallest absolute Gasteiger partial charge is 0.357 e. The number of carbonyl (C=O) groups excluding carboxylic acids is 2. The van der Waals surface area contributed by atoms with Crippen LogP contribution in [0.5, 0.6) is 0 Å². The van der Waals surface area contributed by atoms with Crippen LogP contribution in [0.1, 0.15) is 15.9 Å². The predicted molar refractivity (Wildman–Crippen MR) is 55.6 cm³/mol. The Bertz CT molecular complexity index is 532. The van der Waals surface area contributed by atoms with E-state index in [9.17, 15) is 13.8 Å². The van der Waals surface area contributed by atoms with Crippen molar-refractivity contribution in [3.8, 4) is 0 Å². The molecule has 0 radical (unpaired) electrons. The fraction of sp³-hybridized carbons (Fsp3) is 0. The average molecular weight is 238 g/mol. The lowest BCUT2D eigenvalue weighted by Gasteiger charge is -2.13. The van der Waals surface area contributed by atoms with Gasteiger partial charge in [0.15, 0.2) is 5.76 Å². The van der Waals surface area contributed by atoms with Crippen LogP contribution in [-0.4, -0.2) is 20.3 Å². The Balaban J connectivity index is 2.55. The van der Waals surface area contributed by atoms with Gasteiger partial charge in [-0.1, -0.05) is 24.3 Å². The van der Waals surface area contributed by atoms with Crippen molar-refractivity contribution < 1.29 is 22.5 Å². The van der Waals surface area contributed by atoms with Crippen LogP contribution in [0.25, 0.3) is 5.76 Å². The normalized spacial score (nSPS) is 16.4. The zero-order chi connectivity index (χ0) is 11.7. The lowest BCUT2D eigenvalue weighted by atomic mass is 9.94. The van der Waals surface area contributed by atoms with Gasteiger partial charge in [-0.2, -0.15) is 4.21 Å². The fourth-order valence-corrected chi connectivity index (χ4v) is 1.73. The zero-order valence-electron chi connectivity index (χ0n) is 7.88. The number of hydrogen-bond acceptors (Lipinski definition) is 4. The van der Waals surface area contributed by atoms with Crippen LogP contribution in [0, 0.1) is 0 Å². The Labute approximate surface area is 93.2 Å². The molecule has 0 aromatic heterocycles. The van der Waals surface area contributed by atoms with Gasteiger partial charge in [0.25, 0.3) is 0 Å². The second kappa shape index (κ2) is 3.99. The SMILES string of the molecule is O=C1C=C(OS(=O)O)c2ccccc2C1=O. The summed E-state index contributed by atoms with van der Waals surface area (Å²) in [5.41, 5.74) is 0.518. The largest absolute Gasteiger partial charge is 0.379 e. The van der Waals surface area contributed by atoms with E-state index < -0.39 is 22.9 Å². The maximum absolute atomic E-state index is 11.5. The minimum absolute atomic E-state index is 0.0685. The molecule has 0 saturated carbocycles. The van der Waals surface area contributed by atoms with Gasteiger partial charge in [-0.15, -0.1) is 0 Å². The second-order valence-corrected chi connectivity index (χ2v) is 3.65. The van der Waals surface area contributed by atoms with Crippen LogP contribution in [0.2, 0.25) is 0 Å². The Morgan fingerprint density at radius 3 is 2.38 bits per heavy atom. The molecule has 2 rings (SSSR count). The first-order valence-electron chi connectivity index (χ1n) is 4.28. The summed E-state index contributed by atoms with van der Waals surface area (Å²) < 4.78 is 23.7. The van der Waals surface area contributed by atoms with Crippen LogP contribution in [0.15, 0.2) is 30.3 Å². The summed E-state index contributed by atoms with van der Waals surface area (Å²) in [5.74, 6) is -1.48. The maximum Gasteiger partial charge on any atom is 0.357 e. The molecule has 0 amide bonds. The lowest BCUT2D eigenvalue weighted by Crippen LogP contribution is -2.19. The predicted octanol–water partition coefficient (Wildman–Crippen LogP) is 0.946. The van der Waals surface area contributed by atoms with Gasteiger partial charge in [0, 0.05) is 17.2 Å². The molecule has 1 aromatic rings. The topological polar surface area (TPSA) is 80.7 Å². The molecule has 16 heavy (non-hydrogen) atoms. The molecule has 82 valence electrons. The summed E-state index contributed by atoms with van der Waals surface area (Å²) in [7, 11) is 0. The zero-order valence-corrected chi connectivity index (χ0v) is 8.69. The summed E-state index contributed by atoms with van der Waals surface area (Å²) in [6.45, 7) is 0. The molecule has 1 aliphatic rings. The number of allylic oxidation sites excluding steroid dienone is 1. The summed E-state index contributed by atoms with van der Waals surface area (Å²) >= 11 is -2.53. The minimum Gasteiger partial charge on any atom is -0.379 e. The van der Waals surface area contributed by atoms with Crippen LogP contribution >= 0.6 is 0 Å². The van der Waals surface area contributed by atoms with Crippen molar-refractivity contribution in [2.24, 2.45) is 0 Å². The molecule has 1 aliphatic carbocycles. The number of fused-ring (bicyclic) bond motifs is 1. The Morgan fingerprint density at radius 1 is 1.12 bits per heavy atom. The van der Waals surface area contributed by atoms with E-state index in [0.717, 1.165) is 6.08 Å². The molecule has 1 atom stereocenters. The Hall–Kier alpha value is -1.79. The third kappa shape index (κ3) is 1.80. The molecular formula is C10H6O5S. The number of carbonyl (C=O) groups is 2. The van der Waals surface area contributed by atoms with Gasteiger partial charge in [0.1, 0.15) is 0 Å². The van der Waals surface area contributed by atoms with Crippen molar-refractivity contribution in [1.82, 2.24) is 0 Å². The lowest BCUT2D eigenvalue weighted by molar-refractivity contribution is -0.111. The van der Waals surface area contributed by atoms with Crippen LogP contribution in [-0.2, 0) is 20.3 Å². The van der Waals surface area contributed by atoms with Gasteiger partial charge >= 0.3 is 11.4 Å². The molecule has 0 spiro atoms. The number of benzene rings is 1. The highest BCUT2D eigenvalue weighted by molar-refractivity contribution is 7.74. The number of ketones is 2. The van der Waals surface area contributed by atoms with E-state index in [1.807, 2.05) is 0 Å². The van der Waals surface area contributed by atoms with E-state index in [2.05, 4.69) is 4.18 Å². The van der Waals surface area contributed by atoms with Crippen molar-refractivity contribution in [3.63, 3.8) is 0 Å². The van der Waals surface area contributed by atoms with E-state index in [1.165, 1.54) is 6.07 Å². The van der Waals surface area contributed by atoms with Gasteiger partial charge in [-0.3, -0.25) is 14.1 Å². The first kappa shape index (κ1) is 10.7. The molecule has 1 unspecified atom stereocenters. The average Bonchev–Trinajstić information content (AvgIpc) is 2.25. The van der Waals surface area contributed by atoms with Gasteiger partial charge in [-0.25, -0.2) is 0 Å². The summed E-state index contributed by atoms with van der Waals surface area (Å²) in [4.78, 5) is 22.7. The van der Waals surface area contributed by atoms with Crippen LogP contribution in [0.3, 0.4) is 0 Å². The molecular weight excluding hydrogens is 232 g/mol. The van der Waals surface area contributed by atoms with Crippen molar-refractivity contribution in [2.45, 2.75) is 0 Å². The molecule has 6 heteroatoms. The quantitative estimate of drug-likeness (QED) is 0.612. The van der Waals surface area contributed by atoms with Gasteiger partial charge in [0.05, 0.1) is 0 Å². The summed E-state index contributed by atoms with van der Waals surface area (Å²) in [5, 5.41) is 0.